The number of aromatic nitrogens is 4. The summed E-state index contributed by atoms with van der Waals surface area (Å²) in [5, 5.41) is 18.5. The monoisotopic (exact) mass is 446 g/mol. The van der Waals surface area contributed by atoms with Crippen molar-refractivity contribution >= 4 is 16.6 Å². The fraction of sp³-hybridized carbons (Fsp3) is 0.286. The number of hydrogen-bond donors (Lipinski definition) is 2. The third kappa shape index (κ3) is 3.53. The minimum absolute atomic E-state index is 0.0332. The summed E-state index contributed by atoms with van der Waals surface area (Å²) in [4.78, 5) is 5.66. The van der Waals surface area contributed by atoms with Crippen LogP contribution in [-0.4, -0.2) is 54.9 Å². The summed E-state index contributed by atoms with van der Waals surface area (Å²) in [5.41, 5.74) is 6.64. The number of benzene rings is 1. The number of rotatable bonds is 3. The molecule has 5 rings (SSSR count). The Morgan fingerprint density at radius 3 is 2.66 bits per heavy atom. The molecule has 0 aliphatic carbocycles. The van der Waals surface area contributed by atoms with Crippen molar-refractivity contribution in [2.24, 2.45) is 5.73 Å². The number of phenols is 1. The van der Waals surface area contributed by atoms with Gasteiger partial charge in [0.2, 0.25) is 0 Å². The van der Waals surface area contributed by atoms with Crippen molar-refractivity contribution in [3.05, 3.63) is 54.0 Å². The van der Waals surface area contributed by atoms with Gasteiger partial charge in [0.25, 0.3) is 0 Å². The molecule has 32 heavy (non-hydrogen) atoms. The second-order valence-corrected chi connectivity index (χ2v) is 7.90. The van der Waals surface area contributed by atoms with Crippen LogP contribution in [0.25, 0.3) is 28.1 Å². The average Bonchev–Trinajstić information content (AvgIpc) is 3.33. The highest BCUT2D eigenvalue weighted by molar-refractivity contribution is 5.86. The third-order valence-corrected chi connectivity index (χ3v) is 5.64. The van der Waals surface area contributed by atoms with Crippen molar-refractivity contribution in [3.8, 4) is 17.3 Å². The molecule has 0 spiro atoms. The van der Waals surface area contributed by atoms with E-state index >= 15 is 0 Å². The first-order valence-corrected chi connectivity index (χ1v) is 9.91. The van der Waals surface area contributed by atoms with E-state index in [1.165, 1.54) is 33.7 Å². The van der Waals surface area contributed by atoms with Crippen molar-refractivity contribution in [1.82, 2.24) is 24.5 Å². The van der Waals surface area contributed by atoms with Crippen LogP contribution < -0.4 is 5.73 Å². The van der Waals surface area contributed by atoms with E-state index in [4.69, 9.17) is 5.73 Å². The summed E-state index contributed by atoms with van der Waals surface area (Å²) in [6.07, 6.45) is -2.65. The van der Waals surface area contributed by atoms with E-state index < -0.39 is 18.0 Å². The van der Waals surface area contributed by atoms with Crippen LogP contribution in [-0.2, 0) is 0 Å². The average molecular weight is 446 g/mol. The second kappa shape index (κ2) is 7.38. The van der Waals surface area contributed by atoms with Crippen LogP contribution in [0.1, 0.15) is 18.0 Å². The molecule has 2 unspecified atom stereocenters. The summed E-state index contributed by atoms with van der Waals surface area (Å²) in [5.74, 6) is -0.757. The lowest BCUT2D eigenvalue weighted by Gasteiger charge is -2.30. The fourth-order valence-electron chi connectivity index (χ4n) is 4.21. The zero-order valence-electron chi connectivity index (χ0n) is 16.6. The maximum atomic E-state index is 14.0. The lowest BCUT2D eigenvalue weighted by atomic mass is 10.1. The van der Waals surface area contributed by atoms with Gasteiger partial charge in [0, 0.05) is 36.8 Å². The molecule has 3 aromatic heterocycles. The maximum Gasteiger partial charge on any atom is 0.408 e. The minimum atomic E-state index is -4.50. The Morgan fingerprint density at radius 1 is 1.12 bits per heavy atom. The standard InChI is InChI=1S/C21H18F4N6O/c22-13-7-11-1-3-15(27-18(11)16(32)8-13)20-29-28-17-4-2-12(9-31(17)20)19(21(23,24)25)30-6-5-14(26)10-30/h1-4,7-9,14,19,32H,5-6,10,26H2. The van der Waals surface area contributed by atoms with Crippen molar-refractivity contribution in [2.45, 2.75) is 24.7 Å². The first-order chi connectivity index (χ1) is 15.2. The highest BCUT2D eigenvalue weighted by Gasteiger charge is 2.46. The van der Waals surface area contributed by atoms with Gasteiger partial charge < -0.3 is 10.8 Å². The number of hydrogen-bond acceptors (Lipinski definition) is 6. The number of phenolic OH excluding ortho intramolecular Hbond substituents is 1. The molecule has 0 amide bonds. The number of aromatic hydroxyl groups is 1. The largest absolute Gasteiger partial charge is 0.506 e. The van der Waals surface area contributed by atoms with Crippen LogP contribution in [0.2, 0.25) is 0 Å². The molecule has 1 saturated heterocycles. The summed E-state index contributed by atoms with van der Waals surface area (Å²) < 4.78 is 56.9. The fourth-order valence-corrected chi connectivity index (χ4v) is 4.21. The molecule has 3 N–H and O–H groups in total. The first-order valence-electron chi connectivity index (χ1n) is 9.91. The Balaban J connectivity index is 1.62. The quantitative estimate of drug-likeness (QED) is 0.469. The van der Waals surface area contributed by atoms with Crippen LogP contribution in [0.4, 0.5) is 17.6 Å². The van der Waals surface area contributed by atoms with Gasteiger partial charge in [-0.25, -0.2) is 9.37 Å². The van der Waals surface area contributed by atoms with Gasteiger partial charge in [0.05, 0.1) is 0 Å². The topological polar surface area (TPSA) is 92.6 Å². The van der Waals surface area contributed by atoms with Crippen LogP contribution in [0, 0.1) is 5.82 Å². The third-order valence-electron chi connectivity index (χ3n) is 5.64. The molecule has 0 radical (unpaired) electrons. The van der Waals surface area contributed by atoms with Crippen molar-refractivity contribution < 1.29 is 22.7 Å². The summed E-state index contributed by atoms with van der Waals surface area (Å²) >= 11 is 0. The lowest BCUT2D eigenvalue weighted by Crippen LogP contribution is -2.38. The molecule has 0 saturated carbocycles. The van der Waals surface area contributed by atoms with E-state index in [0.29, 0.717) is 17.5 Å². The van der Waals surface area contributed by atoms with Gasteiger partial charge in [-0.2, -0.15) is 13.2 Å². The van der Waals surface area contributed by atoms with E-state index in [-0.39, 0.29) is 47.5 Å². The predicted molar refractivity (Wildman–Crippen MR) is 108 cm³/mol. The predicted octanol–water partition coefficient (Wildman–Crippen LogP) is 3.43. The normalized spacial score (nSPS) is 18.6. The molecule has 7 nitrogen and oxygen atoms in total. The van der Waals surface area contributed by atoms with Gasteiger partial charge in [-0.3, -0.25) is 9.30 Å². The Labute approximate surface area is 179 Å². The van der Waals surface area contributed by atoms with Gasteiger partial charge in [-0.1, -0.05) is 12.1 Å². The second-order valence-electron chi connectivity index (χ2n) is 7.90. The highest BCUT2D eigenvalue weighted by Crippen LogP contribution is 2.39. The van der Waals surface area contributed by atoms with Gasteiger partial charge >= 0.3 is 6.18 Å². The SMILES string of the molecule is NC1CCN(C(c2ccc3nnc(-c4ccc5cc(F)cc(O)c5n4)n3c2)C(F)(F)F)C1. The van der Waals surface area contributed by atoms with Crippen molar-refractivity contribution in [1.29, 1.82) is 0 Å². The molecule has 11 heteroatoms. The van der Waals surface area contributed by atoms with E-state index in [9.17, 15) is 22.7 Å². The Hall–Kier alpha value is -3.31. The zero-order valence-corrected chi connectivity index (χ0v) is 16.6. The Kier molecular flexibility index (Phi) is 4.75. The van der Waals surface area contributed by atoms with Gasteiger partial charge in [0.15, 0.2) is 11.5 Å². The van der Waals surface area contributed by atoms with Gasteiger partial charge in [-0.15, -0.1) is 10.2 Å². The summed E-state index contributed by atoms with van der Waals surface area (Å²) in [6, 6.07) is 6.00. The zero-order chi connectivity index (χ0) is 22.6. The van der Waals surface area contributed by atoms with Crippen molar-refractivity contribution in [3.63, 3.8) is 0 Å². The van der Waals surface area contributed by atoms with E-state index in [1.807, 2.05) is 0 Å². The molecule has 2 atom stereocenters. The smallest absolute Gasteiger partial charge is 0.408 e. The maximum absolute atomic E-state index is 14.0. The molecule has 1 aliphatic heterocycles. The van der Waals surface area contributed by atoms with E-state index in [2.05, 4.69) is 15.2 Å². The number of halogens is 4. The molecule has 1 aliphatic rings. The van der Waals surface area contributed by atoms with Gasteiger partial charge in [0.1, 0.15) is 28.8 Å². The minimum Gasteiger partial charge on any atom is -0.506 e. The molecule has 1 fully saturated rings. The van der Waals surface area contributed by atoms with Crippen LogP contribution >= 0.6 is 0 Å². The van der Waals surface area contributed by atoms with Gasteiger partial charge in [-0.05, 0) is 30.2 Å². The molecule has 166 valence electrons. The van der Waals surface area contributed by atoms with E-state index in [1.54, 1.807) is 12.1 Å². The molecular weight excluding hydrogens is 428 g/mol. The Bertz CT molecular complexity index is 1320. The van der Waals surface area contributed by atoms with E-state index in [0.717, 1.165) is 6.07 Å². The summed E-state index contributed by atoms with van der Waals surface area (Å²) in [6.45, 7) is 0.403. The number of pyridine rings is 2. The molecular formula is C21H18F4N6O. The van der Waals surface area contributed by atoms with Crippen LogP contribution in [0.15, 0.2) is 42.6 Å². The number of nitrogens with zero attached hydrogens (tertiary/aromatic N) is 5. The Morgan fingerprint density at radius 2 is 1.94 bits per heavy atom. The van der Waals surface area contributed by atoms with Crippen LogP contribution in [0.3, 0.4) is 0 Å². The first kappa shape index (κ1) is 20.6. The number of fused-ring (bicyclic) bond motifs is 2. The van der Waals surface area contributed by atoms with Crippen molar-refractivity contribution in [2.75, 3.05) is 13.1 Å². The molecule has 4 aromatic rings. The van der Waals surface area contributed by atoms with Crippen LogP contribution in [0.5, 0.6) is 5.75 Å². The molecule has 1 aromatic carbocycles. The lowest BCUT2D eigenvalue weighted by molar-refractivity contribution is -0.183. The molecule has 0 bridgehead atoms. The molecule has 4 heterocycles. The summed E-state index contributed by atoms with van der Waals surface area (Å²) in [7, 11) is 0. The number of likely N-dealkylation sites (tertiary alicyclic amines) is 1. The number of nitrogens with two attached hydrogens (primary N) is 1. The highest BCUT2D eigenvalue weighted by atomic mass is 19.4. The number of alkyl halides is 3.